The number of nitrogens with two attached hydrogens (primary N) is 3. The van der Waals surface area contributed by atoms with E-state index >= 15 is 0 Å². The van der Waals surface area contributed by atoms with Gasteiger partial charge in [0.2, 0.25) is 11.8 Å². The minimum Gasteiger partial charge on any atom is -0.399 e. The second-order valence-corrected chi connectivity index (χ2v) is 9.61. The molecule has 2 aromatic rings. The third kappa shape index (κ3) is 9.82. The van der Waals surface area contributed by atoms with Crippen molar-refractivity contribution < 1.29 is 62.5 Å². The normalized spacial score (nSPS) is 15.3. The molecule has 0 saturated carbocycles. The van der Waals surface area contributed by atoms with Crippen molar-refractivity contribution in [1.82, 2.24) is 15.2 Å². The average Bonchev–Trinajstić information content (AvgIpc) is 3.65. The first-order chi connectivity index (χ1) is 22.7. The van der Waals surface area contributed by atoms with Crippen LogP contribution in [0.25, 0.3) is 0 Å². The van der Waals surface area contributed by atoms with Crippen LogP contribution in [-0.2, 0) is 43.3 Å². The molecule has 3 heterocycles. The molecule has 5 rings (SSSR count). The van der Waals surface area contributed by atoms with E-state index in [1.54, 1.807) is 24.3 Å². The highest BCUT2D eigenvalue weighted by Crippen LogP contribution is 2.17. The van der Waals surface area contributed by atoms with Gasteiger partial charge in [-0.25, -0.2) is 4.79 Å². The molecule has 3 aliphatic heterocycles. The van der Waals surface area contributed by atoms with E-state index in [4.69, 9.17) is 17.2 Å². The summed E-state index contributed by atoms with van der Waals surface area (Å²) >= 11 is 0. The molecule has 20 nitrogen and oxygen atoms in total. The number of carbonyl (C=O) groups is 10. The minimum absolute atomic E-state index is 0.0272. The monoisotopic (exact) mass is 669 g/mol. The lowest BCUT2D eigenvalue weighted by molar-refractivity contribution is -0.198. The minimum atomic E-state index is -1.48. The Labute approximate surface area is 269 Å². The summed E-state index contributed by atoms with van der Waals surface area (Å²) in [6, 6.07) is 12.2. The van der Waals surface area contributed by atoms with Crippen molar-refractivity contribution in [3.63, 3.8) is 0 Å². The lowest BCUT2D eigenvalue weighted by Gasteiger charge is -2.15. The van der Waals surface area contributed by atoms with E-state index in [9.17, 15) is 47.9 Å². The summed E-state index contributed by atoms with van der Waals surface area (Å²) in [5.41, 5.74) is 17.2. The Morgan fingerprint density at radius 3 is 1.17 bits per heavy atom. The van der Waals surface area contributed by atoms with Crippen LogP contribution in [-0.4, -0.2) is 74.7 Å². The molecule has 0 unspecified atom stereocenters. The van der Waals surface area contributed by atoms with E-state index in [-0.39, 0.29) is 54.2 Å². The standard InChI is InChI=1S/C12H11N3O5.C9H8N2O7.C7H8N2O/c13-11(18)7-1-3-8(4-2-7)14-12(19)20-15-9(16)5-6-10(15)17;12-5-1-2-6(13)10(5)17-9(16)18-11-7(14)3-4-8(11)15;8-6-3-1-5(2-4-6)7(9)10/h1-4H,5-6H2,(H2,13,18)(H,14,19);1-4H2;1-4H,8H2,(H2,9,10). The summed E-state index contributed by atoms with van der Waals surface area (Å²) in [7, 11) is 0. The molecular formula is C28H27N7O13. The van der Waals surface area contributed by atoms with E-state index in [1.165, 1.54) is 24.3 Å². The van der Waals surface area contributed by atoms with E-state index in [0.29, 0.717) is 22.0 Å². The van der Waals surface area contributed by atoms with Gasteiger partial charge in [0.25, 0.3) is 35.4 Å². The molecule has 48 heavy (non-hydrogen) atoms. The van der Waals surface area contributed by atoms with Gasteiger partial charge in [0.1, 0.15) is 0 Å². The van der Waals surface area contributed by atoms with Crippen LogP contribution in [0.5, 0.6) is 0 Å². The number of nitrogen functional groups attached to an aromatic ring is 1. The van der Waals surface area contributed by atoms with E-state index < -0.39 is 59.5 Å². The zero-order chi connectivity index (χ0) is 35.5. The van der Waals surface area contributed by atoms with Gasteiger partial charge in [-0.15, -0.1) is 5.06 Å². The number of nitrogens with zero attached hydrogens (tertiary/aromatic N) is 3. The molecule has 0 spiro atoms. The first-order valence-electron chi connectivity index (χ1n) is 13.7. The number of benzene rings is 2. The average molecular weight is 670 g/mol. The van der Waals surface area contributed by atoms with Crippen molar-refractivity contribution in [1.29, 1.82) is 0 Å². The number of imide groups is 3. The third-order valence-electron chi connectivity index (χ3n) is 6.13. The van der Waals surface area contributed by atoms with Crippen LogP contribution in [0.4, 0.5) is 21.0 Å². The van der Waals surface area contributed by atoms with E-state index in [2.05, 4.69) is 19.8 Å². The Kier molecular flexibility index (Phi) is 11.8. The fourth-order valence-corrected chi connectivity index (χ4v) is 3.73. The summed E-state index contributed by atoms with van der Waals surface area (Å²) < 4.78 is 0. The van der Waals surface area contributed by atoms with Gasteiger partial charge in [-0.1, -0.05) is 10.1 Å². The number of nitrogens with one attached hydrogen (secondary N) is 1. The molecule has 0 atom stereocenters. The summed E-state index contributed by atoms with van der Waals surface area (Å²) in [4.78, 5) is 124. The molecule has 0 aromatic heterocycles. The molecule has 3 fully saturated rings. The van der Waals surface area contributed by atoms with Crippen LogP contribution in [0.3, 0.4) is 0 Å². The van der Waals surface area contributed by atoms with Crippen molar-refractivity contribution in [3.05, 3.63) is 59.7 Å². The van der Waals surface area contributed by atoms with Crippen molar-refractivity contribution in [2.75, 3.05) is 11.1 Å². The number of rotatable bonds is 6. The van der Waals surface area contributed by atoms with Gasteiger partial charge in [-0.3, -0.25) is 53.3 Å². The van der Waals surface area contributed by atoms with Gasteiger partial charge < -0.3 is 22.0 Å². The second kappa shape index (κ2) is 15.9. The highest BCUT2D eigenvalue weighted by molar-refractivity contribution is 6.03. The molecule has 0 bridgehead atoms. The zero-order valence-electron chi connectivity index (χ0n) is 24.7. The first-order valence-corrected chi connectivity index (χ1v) is 13.7. The molecule has 3 saturated heterocycles. The third-order valence-corrected chi connectivity index (χ3v) is 6.13. The molecular weight excluding hydrogens is 642 g/mol. The number of hydrogen-bond donors (Lipinski definition) is 4. The number of hydroxylamine groups is 6. The maximum Gasteiger partial charge on any atom is 0.560 e. The van der Waals surface area contributed by atoms with Crippen LogP contribution in [0.15, 0.2) is 48.5 Å². The second-order valence-electron chi connectivity index (χ2n) is 9.61. The smallest absolute Gasteiger partial charge is 0.399 e. The van der Waals surface area contributed by atoms with Crippen molar-refractivity contribution >= 4 is 70.9 Å². The fourth-order valence-electron chi connectivity index (χ4n) is 3.73. The Balaban J connectivity index is 0.000000206. The predicted molar refractivity (Wildman–Crippen MR) is 155 cm³/mol. The number of carbonyl (C=O) groups excluding carboxylic acids is 10. The number of hydrogen-bond acceptors (Lipinski definition) is 14. The van der Waals surface area contributed by atoms with Crippen LogP contribution in [0, 0.1) is 0 Å². The van der Waals surface area contributed by atoms with Gasteiger partial charge in [0, 0.05) is 61.0 Å². The maximum atomic E-state index is 11.5. The maximum absolute atomic E-state index is 11.5. The quantitative estimate of drug-likeness (QED) is 0.233. The van der Waals surface area contributed by atoms with Gasteiger partial charge in [-0.2, -0.15) is 4.79 Å². The van der Waals surface area contributed by atoms with Gasteiger partial charge in [0.15, 0.2) is 0 Å². The first kappa shape index (κ1) is 35.6. The highest BCUT2D eigenvalue weighted by Gasteiger charge is 2.37. The largest absolute Gasteiger partial charge is 0.560 e. The lowest BCUT2D eigenvalue weighted by atomic mass is 10.2. The molecule has 0 aliphatic carbocycles. The molecule has 252 valence electrons. The molecule has 0 radical (unpaired) electrons. The molecule has 20 heteroatoms. The molecule has 7 N–H and O–H groups in total. The van der Waals surface area contributed by atoms with E-state index in [0.717, 1.165) is 0 Å². The van der Waals surface area contributed by atoms with Crippen LogP contribution >= 0.6 is 0 Å². The Morgan fingerprint density at radius 1 is 0.521 bits per heavy atom. The number of anilines is 2. The fraction of sp³-hybridized carbons (Fsp3) is 0.214. The van der Waals surface area contributed by atoms with Gasteiger partial charge >= 0.3 is 12.2 Å². The SMILES string of the molecule is NC(=O)c1ccc(N)cc1.NC(=O)c1ccc(NC(=O)ON2C(=O)CCC2=O)cc1.O=C(ON1C(=O)CCC1=O)ON1C(=O)CCC1=O. The van der Waals surface area contributed by atoms with Crippen LogP contribution in [0.1, 0.15) is 59.2 Å². The van der Waals surface area contributed by atoms with Crippen molar-refractivity contribution in [2.45, 2.75) is 38.5 Å². The predicted octanol–water partition coefficient (Wildman–Crippen LogP) is 0.0333. The summed E-state index contributed by atoms with van der Waals surface area (Å²) in [5, 5.41) is 3.27. The van der Waals surface area contributed by atoms with Crippen molar-refractivity contribution in [2.24, 2.45) is 11.5 Å². The Hall–Kier alpha value is -6.86. The molecule has 3 aliphatic rings. The summed E-state index contributed by atoms with van der Waals surface area (Å²) in [6.45, 7) is 0. The lowest BCUT2D eigenvalue weighted by Crippen LogP contribution is -2.37. The number of amides is 9. The zero-order valence-corrected chi connectivity index (χ0v) is 24.7. The Bertz CT molecular complexity index is 1570. The summed E-state index contributed by atoms with van der Waals surface area (Å²) in [5.74, 6) is -4.88. The van der Waals surface area contributed by atoms with E-state index in [1.807, 2.05) is 0 Å². The Morgan fingerprint density at radius 2 is 0.833 bits per heavy atom. The van der Waals surface area contributed by atoms with Crippen molar-refractivity contribution in [3.8, 4) is 0 Å². The molecule has 2 aromatic carbocycles. The topological polar surface area (TPSA) is 298 Å². The van der Waals surface area contributed by atoms with Gasteiger partial charge in [-0.05, 0) is 48.5 Å². The molecule has 9 amide bonds. The number of primary amides is 2. The highest BCUT2D eigenvalue weighted by atomic mass is 16.9. The summed E-state index contributed by atoms with van der Waals surface area (Å²) in [6.07, 6.45) is -2.65. The van der Waals surface area contributed by atoms with Crippen LogP contribution < -0.4 is 22.5 Å². The van der Waals surface area contributed by atoms with Gasteiger partial charge in [0.05, 0.1) is 0 Å². The van der Waals surface area contributed by atoms with Crippen LogP contribution in [0.2, 0.25) is 0 Å².